The van der Waals surface area contributed by atoms with Crippen molar-refractivity contribution >= 4 is 5.91 Å². The van der Waals surface area contributed by atoms with Crippen LogP contribution in [0.1, 0.15) is 19.3 Å². The Kier molecular flexibility index (Phi) is 2.54. The second-order valence-corrected chi connectivity index (χ2v) is 4.33. The van der Waals surface area contributed by atoms with E-state index in [9.17, 15) is 4.79 Å². The summed E-state index contributed by atoms with van der Waals surface area (Å²) in [6.07, 6.45) is 3.21. The van der Waals surface area contributed by atoms with Crippen LogP contribution in [-0.4, -0.2) is 48.9 Å². The van der Waals surface area contributed by atoms with E-state index in [0.29, 0.717) is 11.8 Å². The van der Waals surface area contributed by atoms with Gasteiger partial charge >= 0.3 is 0 Å². The van der Waals surface area contributed by atoms with Crippen molar-refractivity contribution in [3.05, 3.63) is 0 Å². The minimum absolute atomic E-state index is 0.384. The van der Waals surface area contributed by atoms with E-state index in [0.717, 1.165) is 32.6 Å². The first kappa shape index (κ1) is 9.00. The van der Waals surface area contributed by atoms with E-state index in [4.69, 9.17) is 0 Å². The zero-order valence-corrected chi connectivity index (χ0v) is 8.33. The first-order valence-corrected chi connectivity index (χ1v) is 5.22. The predicted octanol–water partition coefficient (Wildman–Crippen LogP) is 0.560. The Morgan fingerprint density at radius 1 is 1.23 bits per heavy atom. The van der Waals surface area contributed by atoms with Gasteiger partial charge in [0, 0.05) is 19.5 Å². The highest BCUT2D eigenvalue weighted by Gasteiger charge is 2.27. The van der Waals surface area contributed by atoms with Crippen LogP contribution in [0.5, 0.6) is 0 Å². The minimum atomic E-state index is 0.384. The third-order valence-corrected chi connectivity index (χ3v) is 3.10. The SMILES string of the molecule is CN1CCC(CC(=O)N2CC2)CC1. The molecule has 2 aliphatic rings. The quantitative estimate of drug-likeness (QED) is 0.583. The van der Waals surface area contributed by atoms with E-state index in [1.54, 1.807) is 0 Å². The first-order chi connectivity index (χ1) is 6.25. The van der Waals surface area contributed by atoms with Gasteiger partial charge in [-0.05, 0) is 38.9 Å². The van der Waals surface area contributed by atoms with Gasteiger partial charge < -0.3 is 9.80 Å². The number of piperidine rings is 1. The van der Waals surface area contributed by atoms with Crippen LogP contribution in [0.3, 0.4) is 0 Å². The van der Waals surface area contributed by atoms with Gasteiger partial charge in [-0.1, -0.05) is 0 Å². The molecule has 0 spiro atoms. The lowest BCUT2D eigenvalue weighted by Gasteiger charge is -2.28. The number of hydrogen-bond donors (Lipinski definition) is 0. The molecule has 2 saturated heterocycles. The van der Waals surface area contributed by atoms with Gasteiger partial charge in [-0.3, -0.25) is 4.79 Å². The molecule has 0 aromatic heterocycles. The number of nitrogens with zero attached hydrogens (tertiary/aromatic N) is 2. The number of carbonyl (C=O) groups is 1. The molecule has 2 fully saturated rings. The van der Waals surface area contributed by atoms with Crippen molar-refractivity contribution in [1.29, 1.82) is 0 Å². The number of carbonyl (C=O) groups excluding carboxylic acids is 1. The van der Waals surface area contributed by atoms with Gasteiger partial charge in [0.05, 0.1) is 0 Å². The van der Waals surface area contributed by atoms with Gasteiger partial charge in [0.25, 0.3) is 0 Å². The molecule has 0 radical (unpaired) electrons. The monoisotopic (exact) mass is 182 g/mol. The Balaban J connectivity index is 1.72. The van der Waals surface area contributed by atoms with Crippen molar-refractivity contribution in [3.63, 3.8) is 0 Å². The summed E-state index contributed by atoms with van der Waals surface area (Å²) in [6.45, 7) is 4.34. The lowest BCUT2D eigenvalue weighted by molar-refractivity contribution is -0.127. The molecular weight excluding hydrogens is 164 g/mol. The second kappa shape index (κ2) is 3.66. The van der Waals surface area contributed by atoms with Crippen LogP contribution in [0.25, 0.3) is 0 Å². The Bertz CT molecular complexity index is 193. The van der Waals surface area contributed by atoms with Crippen molar-refractivity contribution in [2.24, 2.45) is 5.92 Å². The molecule has 0 unspecified atom stereocenters. The van der Waals surface area contributed by atoms with Crippen molar-refractivity contribution in [1.82, 2.24) is 9.80 Å². The number of rotatable bonds is 2. The molecule has 13 heavy (non-hydrogen) atoms. The summed E-state index contributed by atoms with van der Waals surface area (Å²) in [7, 11) is 2.16. The maximum Gasteiger partial charge on any atom is 0.222 e. The third-order valence-electron chi connectivity index (χ3n) is 3.10. The van der Waals surface area contributed by atoms with E-state index in [1.165, 1.54) is 12.8 Å². The average Bonchev–Trinajstić information content (AvgIpc) is 2.91. The molecule has 3 heteroatoms. The van der Waals surface area contributed by atoms with Crippen LogP contribution in [0.4, 0.5) is 0 Å². The summed E-state index contributed by atoms with van der Waals surface area (Å²) < 4.78 is 0. The molecular formula is C10H18N2O. The zero-order chi connectivity index (χ0) is 9.26. The summed E-state index contributed by atoms with van der Waals surface area (Å²) in [5.41, 5.74) is 0. The Hall–Kier alpha value is -0.570. The normalized spacial score (nSPS) is 24.8. The fourth-order valence-electron chi connectivity index (χ4n) is 1.94. The van der Waals surface area contributed by atoms with Crippen LogP contribution in [0.15, 0.2) is 0 Å². The Morgan fingerprint density at radius 3 is 2.38 bits per heavy atom. The highest BCUT2D eigenvalue weighted by atomic mass is 16.2. The smallest absolute Gasteiger partial charge is 0.222 e. The Labute approximate surface area is 79.7 Å². The topological polar surface area (TPSA) is 23.3 Å². The second-order valence-electron chi connectivity index (χ2n) is 4.33. The molecule has 0 aromatic rings. The number of amides is 1. The third kappa shape index (κ3) is 2.44. The standard InChI is InChI=1S/C10H18N2O/c1-11-4-2-9(3-5-11)8-10(13)12-6-7-12/h9H,2-8H2,1H3. The Morgan fingerprint density at radius 2 is 1.85 bits per heavy atom. The molecule has 0 saturated carbocycles. The molecule has 74 valence electrons. The summed E-state index contributed by atoms with van der Waals surface area (Å²) >= 11 is 0. The lowest BCUT2D eigenvalue weighted by atomic mass is 9.93. The molecule has 2 rings (SSSR count). The molecule has 1 amide bonds. The predicted molar refractivity (Wildman–Crippen MR) is 51.4 cm³/mol. The summed E-state index contributed by atoms with van der Waals surface area (Å²) in [6, 6.07) is 0. The molecule has 0 N–H and O–H groups in total. The van der Waals surface area contributed by atoms with Gasteiger partial charge in [-0.25, -0.2) is 0 Å². The summed E-state index contributed by atoms with van der Waals surface area (Å²) in [4.78, 5) is 15.8. The van der Waals surface area contributed by atoms with E-state index in [1.807, 2.05) is 4.90 Å². The molecule has 2 aliphatic heterocycles. The highest BCUT2D eigenvalue weighted by Crippen LogP contribution is 2.21. The van der Waals surface area contributed by atoms with Gasteiger partial charge in [-0.2, -0.15) is 0 Å². The molecule has 0 atom stereocenters. The van der Waals surface area contributed by atoms with E-state index in [2.05, 4.69) is 11.9 Å². The van der Waals surface area contributed by atoms with E-state index < -0.39 is 0 Å². The fourth-order valence-corrected chi connectivity index (χ4v) is 1.94. The van der Waals surface area contributed by atoms with Crippen molar-refractivity contribution in [3.8, 4) is 0 Å². The van der Waals surface area contributed by atoms with Crippen LogP contribution in [0.2, 0.25) is 0 Å². The largest absolute Gasteiger partial charge is 0.339 e. The van der Waals surface area contributed by atoms with Gasteiger partial charge in [0.2, 0.25) is 5.91 Å². The first-order valence-electron chi connectivity index (χ1n) is 5.22. The van der Waals surface area contributed by atoms with Crippen molar-refractivity contribution < 1.29 is 4.79 Å². The van der Waals surface area contributed by atoms with Crippen molar-refractivity contribution in [2.45, 2.75) is 19.3 Å². The lowest BCUT2D eigenvalue weighted by Crippen LogP contribution is -2.31. The summed E-state index contributed by atoms with van der Waals surface area (Å²) in [5.74, 6) is 1.04. The maximum absolute atomic E-state index is 11.5. The van der Waals surface area contributed by atoms with Crippen LogP contribution in [0, 0.1) is 5.92 Å². The molecule has 0 aromatic carbocycles. The van der Waals surface area contributed by atoms with Gasteiger partial charge in [0.15, 0.2) is 0 Å². The van der Waals surface area contributed by atoms with Crippen LogP contribution in [-0.2, 0) is 4.79 Å². The highest BCUT2D eigenvalue weighted by molar-refractivity contribution is 5.78. The van der Waals surface area contributed by atoms with Gasteiger partial charge in [0.1, 0.15) is 0 Å². The van der Waals surface area contributed by atoms with Crippen molar-refractivity contribution in [2.75, 3.05) is 33.2 Å². The van der Waals surface area contributed by atoms with E-state index >= 15 is 0 Å². The maximum atomic E-state index is 11.5. The molecule has 3 nitrogen and oxygen atoms in total. The minimum Gasteiger partial charge on any atom is -0.339 e. The zero-order valence-electron chi connectivity index (χ0n) is 8.33. The number of hydrogen-bond acceptors (Lipinski definition) is 2. The fraction of sp³-hybridized carbons (Fsp3) is 0.900. The van der Waals surface area contributed by atoms with Crippen LogP contribution >= 0.6 is 0 Å². The number of likely N-dealkylation sites (tertiary alicyclic amines) is 1. The summed E-state index contributed by atoms with van der Waals surface area (Å²) in [5, 5.41) is 0. The van der Waals surface area contributed by atoms with E-state index in [-0.39, 0.29) is 0 Å². The molecule has 0 aliphatic carbocycles. The average molecular weight is 182 g/mol. The van der Waals surface area contributed by atoms with Crippen LogP contribution < -0.4 is 0 Å². The molecule has 2 heterocycles. The molecule has 0 bridgehead atoms. The van der Waals surface area contributed by atoms with Gasteiger partial charge in [-0.15, -0.1) is 0 Å².